The third kappa shape index (κ3) is 2.86. The fourth-order valence-corrected chi connectivity index (χ4v) is 2.59. The van der Waals surface area contributed by atoms with E-state index in [0.717, 1.165) is 0 Å². The van der Waals surface area contributed by atoms with Crippen molar-refractivity contribution < 1.29 is 22.4 Å². The highest BCUT2D eigenvalue weighted by Crippen LogP contribution is 2.31. The van der Waals surface area contributed by atoms with Crippen LogP contribution in [0.3, 0.4) is 0 Å². The van der Waals surface area contributed by atoms with Gasteiger partial charge in [0.05, 0.1) is 24.3 Å². The Morgan fingerprint density at radius 2 is 2.27 bits per heavy atom. The maximum atomic E-state index is 10.8. The van der Waals surface area contributed by atoms with Gasteiger partial charge in [-0.2, -0.15) is 13.5 Å². The Labute approximate surface area is 125 Å². The summed E-state index contributed by atoms with van der Waals surface area (Å²) in [6.07, 6.45) is 0.583. The molecule has 1 aliphatic rings. The molecule has 0 amide bonds. The number of hydrogen-bond donors (Lipinski definition) is 3. The molecule has 0 bridgehead atoms. The molecule has 0 aliphatic carbocycles. The van der Waals surface area contributed by atoms with E-state index in [2.05, 4.69) is 19.2 Å². The first-order chi connectivity index (χ1) is 10.3. The van der Waals surface area contributed by atoms with Crippen LogP contribution in [0.25, 0.3) is 11.0 Å². The highest BCUT2D eigenvalue weighted by Gasteiger charge is 2.37. The van der Waals surface area contributed by atoms with E-state index < -0.39 is 28.7 Å². The lowest BCUT2D eigenvalue weighted by molar-refractivity contribution is -0.0411. The van der Waals surface area contributed by atoms with Gasteiger partial charge in [-0.05, 0) is 0 Å². The molecule has 0 radical (unpaired) electrons. The highest BCUT2D eigenvalue weighted by molar-refractivity contribution is 7.84. The Hall–Kier alpha value is -1.86. The minimum absolute atomic E-state index is 0.194. The molecule has 120 valence electrons. The van der Waals surface area contributed by atoms with Crippen LogP contribution in [0.2, 0.25) is 0 Å². The van der Waals surface area contributed by atoms with E-state index >= 15 is 0 Å². The Bertz CT molecular complexity index is 792. The van der Waals surface area contributed by atoms with Crippen LogP contribution in [-0.2, 0) is 19.2 Å². The summed E-state index contributed by atoms with van der Waals surface area (Å²) in [6.45, 7) is -0.382. The number of ether oxygens (including phenoxy) is 1. The molecule has 1 saturated heterocycles. The van der Waals surface area contributed by atoms with Crippen molar-refractivity contribution in [3.63, 3.8) is 0 Å². The number of nitrogens with zero attached hydrogens (tertiary/aromatic N) is 4. The predicted molar refractivity (Wildman–Crippen MR) is 73.3 cm³/mol. The van der Waals surface area contributed by atoms with Gasteiger partial charge in [0.15, 0.2) is 11.9 Å². The summed E-state index contributed by atoms with van der Waals surface area (Å²) < 4.78 is 33.0. The summed E-state index contributed by atoms with van der Waals surface area (Å²) >= 11 is 0. The summed E-state index contributed by atoms with van der Waals surface area (Å²) in [6, 6.07) is 0. The SMILES string of the molecule is Nc1ncnc2c1cnn2[C@H]1C[C@H](O)[C@H](COS(N)(=O)=O)O1. The molecule has 1 fully saturated rings. The zero-order valence-corrected chi connectivity index (χ0v) is 12.0. The van der Waals surface area contributed by atoms with Crippen molar-refractivity contribution >= 4 is 27.2 Å². The van der Waals surface area contributed by atoms with Crippen LogP contribution in [0.5, 0.6) is 0 Å². The van der Waals surface area contributed by atoms with Gasteiger partial charge < -0.3 is 15.6 Å². The zero-order valence-electron chi connectivity index (χ0n) is 11.2. The second kappa shape index (κ2) is 5.40. The van der Waals surface area contributed by atoms with Gasteiger partial charge in [0, 0.05) is 6.42 Å². The largest absolute Gasteiger partial charge is 0.390 e. The third-order valence-corrected chi connectivity index (χ3v) is 3.76. The molecule has 0 aromatic carbocycles. The molecule has 22 heavy (non-hydrogen) atoms. The molecule has 1 aliphatic heterocycles. The molecule has 5 N–H and O–H groups in total. The molecule has 2 aromatic rings. The summed E-state index contributed by atoms with van der Waals surface area (Å²) in [7, 11) is -4.10. The Morgan fingerprint density at radius 3 is 3.00 bits per heavy atom. The number of rotatable bonds is 4. The summed E-state index contributed by atoms with van der Waals surface area (Å²) in [5.74, 6) is 0.281. The van der Waals surface area contributed by atoms with E-state index in [0.29, 0.717) is 11.0 Å². The van der Waals surface area contributed by atoms with Gasteiger partial charge in [-0.1, -0.05) is 0 Å². The number of aromatic nitrogens is 4. The van der Waals surface area contributed by atoms with Crippen LogP contribution >= 0.6 is 0 Å². The van der Waals surface area contributed by atoms with Crippen LogP contribution in [0.4, 0.5) is 5.82 Å². The van der Waals surface area contributed by atoms with Crippen LogP contribution in [0.15, 0.2) is 12.5 Å². The Morgan fingerprint density at radius 1 is 1.50 bits per heavy atom. The first-order valence-electron chi connectivity index (χ1n) is 6.29. The molecule has 0 unspecified atom stereocenters. The standard InChI is InChI=1S/C10H14N6O5S/c11-9-5-2-15-16(10(5)14-4-13-9)8-1-6(17)7(21-8)3-20-22(12,18)19/h2,4,6-8,17H,1,3H2,(H2,11,13,14)(H2,12,18,19)/t6-,7-,8+/m0/s1. The van der Waals surface area contributed by atoms with Gasteiger partial charge in [0.25, 0.3) is 0 Å². The lowest BCUT2D eigenvalue weighted by Crippen LogP contribution is -2.30. The van der Waals surface area contributed by atoms with Gasteiger partial charge in [-0.25, -0.2) is 19.8 Å². The fraction of sp³-hybridized carbons (Fsp3) is 0.500. The van der Waals surface area contributed by atoms with Crippen LogP contribution < -0.4 is 10.9 Å². The summed E-state index contributed by atoms with van der Waals surface area (Å²) in [4.78, 5) is 7.94. The Kier molecular flexibility index (Phi) is 3.70. The summed E-state index contributed by atoms with van der Waals surface area (Å²) in [5.41, 5.74) is 6.18. The molecular weight excluding hydrogens is 316 g/mol. The molecule has 12 heteroatoms. The maximum Gasteiger partial charge on any atom is 0.333 e. The van der Waals surface area contributed by atoms with Crippen LogP contribution in [-0.4, -0.2) is 52.1 Å². The molecule has 11 nitrogen and oxygen atoms in total. The van der Waals surface area contributed by atoms with Crippen molar-refractivity contribution in [1.29, 1.82) is 0 Å². The monoisotopic (exact) mass is 330 g/mol. The summed E-state index contributed by atoms with van der Waals surface area (Å²) in [5, 5.41) is 19.4. The molecule has 0 saturated carbocycles. The first-order valence-corrected chi connectivity index (χ1v) is 7.76. The van der Waals surface area contributed by atoms with E-state index in [1.54, 1.807) is 0 Å². The predicted octanol–water partition coefficient (Wildman–Crippen LogP) is -1.72. The number of nitrogens with two attached hydrogens (primary N) is 2. The van der Waals surface area contributed by atoms with E-state index in [1.807, 2.05) is 0 Å². The topological polar surface area (TPSA) is 168 Å². The normalized spacial score (nSPS) is 25.8. The molecular formula is C10H14N6O5S. The number of hydrogen-bond acceptors (Lipinski definition) is 9. The average molecular weight is 330 g/mol. The minimum Gasteiger partial charge on any atom is -0.390 e. The number of anilines is 1. The minimum atomic E-state index is -4.10. The molecule has 3 atom stereocenters. The molecule has 2 aromatic heterocycles. The lowest BCUT2D eigenvalue weighted by Gasteiger charge is -2.14. The van der Waals surface area contributed by atoms with Crippen molar-refractivity contribution in [2.24, 2.45) is 5.14 Å². The van der Waals surface area contributed by atoms with Gasteiger partial charge >= 0.3 is 10.3 Å². The van der Waals surface area contributed by atoms with Gasteiger partial charge in [0.1, 0.15) is 18.2 Å². The number of aliphatic hydroxyl groups is 1. The van der Waals surface area contributed by atoms with Gasteiger partial charge in [-0.15, -0.1) is 0 Å². The van der Waals surface area contributed by atoms with Crippen molar-refractivity contribution in [2.45, 2.75) is 24.9 Å². The molecule has 0 spiro atoms. The number of aliphatic hydroxyl groups excluding tert-OH is 1. The Balaban J connectivity index is 1.80. The molecule has 3 rings (SSSR count). The first kappa shape index (κ1) is 15.1. The smallest absolute Gasteiger partial charge is 0.333 e. The number of fused-ring (bicyclic) bond motifs is 1. The van der Waals surface area contributed by atoms with E-state index in [4.69, 9.17) is 15.6 Å². The van der Waals surface area contributed by atoms with Crippen LogP contribution in [0.1, 0.15) is 12.6 Å². The second-order valence-corrected chi connectivity index (χ2v) is 6.02. The maximum absolute atomic E-state index is 10.8. The average Bonchev–Trinajstić information content (AvgIpc) is 3.00. The van der Waals surface area contributed by atoms with Crippen LogP contribution in [0, 0.1) is 0 Å². The fourth-order valence-electron chi connectivity index (χ4n) is 2.27. The second-order valence-electron chi connectivity index (χ2n) is 4.79. The quantitative estimate of drug-likeness (QED) is 0.590. The lowest BCUT2D eigenvalue weighted by atomic mass is 10.2. The van der Waals surface area contributed by atoms with Crippen molar-refractivity contribution in [2.75, 3.05) is 12.3 Å². The van der Waals surface area contributed by atoms with Gasteiger partial charge in [-0.3, -0.25) is 4.18 Å². The zero-order chi connectivity index (χ0) is 15.9. The molecule has 3 heterocycles. The van der Waals surface area contributed by atoms with Crippen molar-refractivity contribution in [3.8, 4) is 0 Å². The van der Waals surface area contributed by atoms with E-state index in [9.17, 15) is 13.5 Å². The van der Waals surface area contributed by atoms with E-state index in [-0.39, 0.29) is 18.8 Å². The van der Waals surface area contributed by atoms with Gasteiger partial charge in [0.2, 0.25) is 0 Å². The van der Waals surface area contributed by atoms with Crippen molar-refractivity contribution in [3.05, 3.63) is 12.5 Å². The third-order valence-electron chi connectivity index (χ3n) is 3.30. The highest BCUT2D eigenvalue weighted by atomic mass is 32.2. The van der Waals surface area contributed by atoms with E-state index in [1.165, 1.54) is 17.2 Å². The van der Waals surface area contributed by atoms with Crippen molar-refractivity contribution in [1.82, 2.24) is 19.7 Å². The number of nitrogen functional groups attached to an aromatic ring is 1.